The van der Waals surface area contributed by atoms with Crippen LogP contribution < -0.4 is 10.6 Å². The minimum absolute atomic E-state index is 0.104. The number of hydrogen-bond donors (Lipinski definition) is 2. The minimum Gasteiger partial charge on any atom is -0.381 e. The predicted octanol–water partition coefficient (Wildman–Crippen LogP) is 0.870. The molecule has 0 bridgehead atoms. The van der Waals surface area contributed by atoms with Crippen LogP contribution in [-0.2, 0) is 9.53 Å². The molecule has 0 aliphatic carbocycles. The Morgan fingerprint density at radius 2 is 2.41 bits per heavy atom. The first-order valence-electron chi connectivity index (χ1n) is 6.37. The summed E-state index contributed by atoms with van der Waals surface area (Å²) in [6.45, 7) is 4.96. The van der Waals surface area contributed by atoms with E-state index >= 15 is 0 Å². The summed E-state index contributed by atoms with van der Waals surface area (Å²) < 4.78 is 5.44. The second kappa shape index (κ2) is 8.78. The van der Waals surface area contributed by atoms with Crippen molar-refractivity contribution in [2.45, 2.75) is 25.8 Å². The molecule has 1 heterocycles. The Morgan fingerprint density at radius 3 is 3.00 bits per heavy atom. The SMILES string of the molecule is CCCNC(CSCC(=O)NC)C1CCOC1. The van der Waals surface area contributed by atoms with E-state index in [4.69, 9.17) is 4.74 Å². The van der Waals surface area contributed by atoms with Gasteiger partial charge in [-0.3, -0.25) is 4.79 Å². The van der Waals surface area contributed by atoms with Crippen molar-refractivity contribution in [3.8, 4) is 0 Å². The average Bonchev–Trinajstić information content (AvgIpc) is 2.86. The number of thioether (sulfide) groups is 1. The maximum atomic E-state index is 11.2. The Bertz CT molecular complexity index is 221. The van der Waals surface area contributed by atoms with Gasteiger partial charge in [0.25, 0.3) is 0 Å². The van der Waals surface area contributed by atoms with Crippen molar-refractivity contribution in [1.82, 2.24) is 10.6 Å². The number of amides is 1. The van der Waals surface area contributed by atoms with Crippen LogP contribution in [0.1, 0.15) is 19.8 Å². The van der Waals surface area contributed by atoms with E-state index in [0.717, 1.165) is 38.4 Å². The predicted molar refractivity (Wildman–Crippen MR) is 72.4 cm³/mol. The highest BCUT2D eigenvalue weighted by atomic mass is 32.2. The van der Waals surface area contributed by atoms with Crippen LogP contribution in [0, 0.1) is 5.92 Å². The van der Waals surface area contributed by atoms with Crippen molar-refractivity contribution in [2.24, 2.45) is 5.92 Å². The highest BCUT2D eigenvalue weighted by Gasteiger charge is 2.25. The van der Waals surface area contributed by atoms with Gasteiger partial charge in [-0.25, -0.2) is 0 Å². The van der Waals surface area contributed by atoms with Crippen molar-refractivity contribution in [3.05, 3.63) is 0 Å². The lowest BCUT2D eigenvalue weighted by atomic mass is 10.0. The number of carbonyl (C=O) groups is 1. The molecule has 0 aromatic heterocycles. The number of hydrogen-bond acceptors (Lipinski definition) is 4. The molecule has 4 nitrogen and oxygen atoms in total. The topological polar surface area (TPSA) is 50.4 Å². The standard InChI is InChI=1S/C12H24N2O2S/c1-3-5-14-11(10-4-6-16-7-10)8-17-9-12(15)13-2/h10-11,14H,3-9H2,1-2H3,(H,13,15). The first-order valence-corrected chi connectivity index (χ1v) is 7.52. The van der Waals surface area contributed by atoms with Gasteiger partial charge in [-0.2, -0.15) is 11.8 Å². The second-order valence-corrected chi connectivity index (χ2v) is 5.40. The van der Waals surface area contributed by atoms with Crippen molar-refractivity contribution < 1.29 is 9.53 Å². The third kappa shape index (κ3) is 5.75. The zero-order valence-electron chi connectivity index (χ0n) is 10.8. The lowest BCUT2D eigenvalue weighted by Crippen LogP contribution is -2.39. The summed E-state index contributed by atoms with van der Waals surface area (Å²) in [7, 11) is 1.68. The minimum atomic E-state index is 0.104. The lowest BCUT2D eigenvalue weighted by molar-refractivity contribution is -0.118. The van der Waals surface area contributed by atoms with E-state index in [2.05, 4.69) is 17.6 Å². The Balaban J connectivity index is 2.26. The van der Waals surface area contributed by atoms with E-state index < -0.39 is 0 Å². The van der Waals surface area contributed by atoms with Crippen LogP contribution in [0.4, 0.5) is 0 Å². The molecule has 1 amide bonds. The molecular weight excluding hydrogens is 236 g/mol. The Kier molecular flexibility index (Phi) is 7.64. The maximum absolute atomic E-state index is 11.2. The second-order valence-electron chi connectivity index (χ2n) is 4.37. The lowest BCUT2D eigenvalue weighted by Gasteiger charge is -2.23. The summed E-state index contributed by atoms with van der Waals surface area (Å²) in [5.74, 6) is 2.25. The summed E-state index contributed by atoms with van der Waals surface area (Å²) in [5, 5.41) is 6.22. The quantitative estimate of drug-likeness (QED) is 0.680. The highest BCUT2D eigenvalue weighted by Crippen LogP contribution is 2.20. The van der Waals surface area contributed by atoms with E-state index in [1.165, 1.54) is 0 Å². The van der Waals surface area contributed by atoms with Crippen molar-refractivity contribution in [3.63, 3.8) is 0 Å². The maximum Gasteiger partial charge on any atom is 0.229 e. The van der Waals surface area contributed by atoms with Crippen LogP contribution in [0.3, 0.4) is 0 Å². The number of carbonyl (C=O) groups excluding carboxylic acids is 1. The van der Waals surface area contributed by atoms with Gasteiger partial charge in [-0.15, -0.1) is 0 Å². The summed E-state index contributed by atoms with van der Waals surface area (Å²) in [6.07, 6.45) is 2.28. The molecule has 0 saturated carbocycles. The van der Waals surface area contributed by atoms with Gasteiger partial charge in [-0.1, -0.05) is 6.92 Å². The molecular formula is C12H24N2O2S. The van der Waals surface area contributed by atoms with Crippen LogP contribution in [0.2, 0.25) is 0 Å². The summed E-state index contributed by atoms with van der Waals surface area (Å²) in [5.41, 5.74) is 0. The van der Waals surface area contributed by atoms with Gasteiger partial charge >= 0.3 is 0 Å². The molecule has 0 aromatic carbocycles. The van der Waals surface area contributed by atoms with Crippen LogP contribution in [0.15, 0.2) is 0 Å². The number of rotatable bonds is 8. The third-order valence-electron chi connectivity index (χ3n) is 3.00. The van der Waals surface area contributed by atoms with Gasteiger partial charge in [0.15, 0.2) is 0 Å². The molecule has 0 aromatic rings. The molecule has 5 heteroatoms. The van der Waals surface area contributed by atoms with Crippen LogP contribution in [-0.4, -0.2) is 50.3 Å². The molecule has 2 N–H and O–H groups in total. The number of ether oxygens (including phenoxy) is 1. The van der Waals surface area contributed by atoms with Gasteiger partial charge < -0.3 is 15.4 Å². The Hall–Kier alpha value is -0.260. The van der Waals surface area contributed by atoms with Gasteiger partial charge in [0, 0.05) is 31.4 Å². The molecule has 1 saturated heterocycles. The summed E-state index contributed by atoms with van der Waals surface area (Å²) in [6, 6.07) is 0.479. The van der Waals surface area contributed by atoms with Crippen LogP contribution >= 0.6 is 11.8 Å². The Labute approximate surface area is 108 Å². The largest absolute Gasteiger partial charge is 0.381 e. The molecule has 100 valence electrons. The van der Waals surface area contributed by atoms with E-state index in [1.807, 2.05) is 0 Å². The Morgan fingerprint density at radius 1 is 1.59 bits per heavy atom. The fraction of sp³-hybridized carbons (Fsp3) is 0.917. The van der Waals surface area contributed by atoms with Crippen LogP contribution in [0.25, 0.3) is 0 Å². The molecule has 1 aliphatic rings. The zero-order chi connectivity index (χ0) is 12.5. The highest BCUT2D eigenvalue weighted by molar-refractivity contribution is 8.00. The van der Waals surface area contributed by atoms with E-state index in [9.17, 15) is 4.79 Å². The first-order chi connectivity index (χ1) is 8.27. The van der Waals surface area contributed by atoms with Crippen molar-refractivity contribution in [1.29, 1.82) is 0 Å². The molecule has 1 rings (SSSR count). The van der Waals surface area contributed by atoms with E-state index in [0.29, 0.717) is 17.7 Å². The van der Waals surface area contributed by atoms with Gasteiger partial charge in [0.05, 0.1) is 12.4 Å². The summed E-state index contributed by atoms with van der Waals surface area (Å²) in [4.78, 5) is 11.2. The van der Waals surface area contributed by atoms with Gasteiger partial charge in [-0.05, 0) is 19.4 Å². The molecule has 1 fully saturated rings. The first kappa shape index (κ1) is 14.8. The van der Waals surface area contributed by atoms with Gasteiger partial charge in [0.1, 0.15) is 0 Å². The monoisotopic (exact) mass is 260 g/mol. The zero-order valence-corrected chi connectivity index (χ0v) is 11.6. The average molecular weight is 260 g/mol. The fourth-order valence-corrected chi connectivity index (χ4v) is 3.00. The van der Waals surface area contributed by atoms with E-state index in [-0.39, 0.29) is 5.91 Å². The van der Waals surface area contributed by atoms with Crippen molar-refractivity contribution in [2.75, 3.05) is 38.3 Å². The van der Waals surface area contributed by atoms with E-state index in [1.54, 1.807) is 18.8 Å². The molecule has 0 spiro atoms. The van der Waals surface area contributed by atoms with Crippen LogP contribution in [0.5, 0.6) is 0 Å². The van der Waals surface area contributed by atoms with Gasteiger partial charge in [0.2, 0.25) is 5.91 Å². The molecule has 17 heavy (non-hydrogen) atoms. The van der Waals surface area contributed by atoms with Crippen molar-refractivity contribution >= 4 is 17.7 Å². The molecule has 2 unspecified atom stereocenters. The molecule has 0 radical (unpaired) electrons. The normalized spacial score (nSPS) is 21.4. The third-order valence-corrected chi connectivity index (χ3v) is 4.06. The fourth-order valence-electron chi connectivity index (χ4n) is 1.91. The number of nitrogens with one attached hydrogen (secondary N) is 2. The molecule has 2 atom stereocenters. The smallest absolute Gasteiger partial charge is 0.229 e. The molecule has 1 aliphatic heterocycles. The summed E-state index contributed by atoms with van der Waals surface area (Å²) >= 11 is 1.70.